The van der Waals surface area contributed by atoms with Crippen molar-refractivity contribution in [3.8, 4) is 17.2 Å². The first-order valence-corrected chi connectivity index (χ1v) is 8.05. The van der Waals surface area contributed by atoms with E-state index in [0.29, 0.717) is 22.6 Å². The smallest absolute Gasteiger partial charge is 0.340 e. The van der Waals surface area contributed by atoms with Gasteiger partial charge in [0.1, 0.15) is 17.2 Å². The highest BCUT2D eigenvalue weighted by Gasteiger charge is 2.53. The van der Waals surface area contributed by atoms with Crippen LogP contribution in [0.1, 0.15) is 32.6 Å². The average molecular weight is 330 g/mol. The largest absolute Gasteiger partial charge is 0.508 e. The molecule has 0 bridgehead atoms. The van der Waals surface area contributed by atoms with Crippen molar-refractivity contribution >= 4 is 5.97 Å². The minimum absolute atomic E-state index is 0.0991. The number of esters is 1. The van der Waals surface area contributed by atoms with E-state index in [9.17, 15) is 9.90 Å². The molecule has 2 aliphatic heterocycles. The quantitative estimate of drug-likeness (QED) is 0.626. The van der Waals surface area contributed by atoms with Crippen LogP contribution in [0.4, 0.5) is 0 Å². The molecule has 1 atom stereocenters. The lowest BCUT2D eigenvalue weighted by Crippen LogP contribution is -2.33. The minimum Gasteiger partial charge on any atom is -0.508 e. The molecule has 4 heteroatoms. The normalized spacial score (nSPS) is 19.6. The van der Waals surface area contributed by atoms with E-state index < -0.39 is 5.60 Å². The second-order valence-corrected chi connectivity index (χ2v) is 6.40. The monoisotopic (exact) mass is 330 g/mol. The zero-order valence-electron chi connectivity index (χ0n) is 13.4. The summed E-state index contributed by atoms with van der Waals surface area (Å²) in [6, 6.07) is 18.1. The molecule has 0 radical (unpaired) electrons. The third-order valence-corrected chi connectivity index (χ3v) is 4.85. The Morgan fingerprint density at radius 3 is 2.60 bits per heavy atom. The molecular formula is C21H14O4. The summed E-state index contributed by atoms with van der Waals surface area (Å²) in [5, 5.41) is 9.87. The first-order valence-electron chi connectivity index (χ1n) is 8.05. The van der Waals surface area contributed by atoms with E-state index >= 15 is 0 Å². The van der Waals surface area contributed by atoms with Gasteiger partial charge < -0.3 is 14.6 Å². The van der Waals surface area contributed by atoms with Crippen LogP contribution in [0.25, 0.3) is 0 Å². The molecule has 1 N–H and O–H groups in total. The van der Waals surface area contributed by atoms with Crippen molar-refractivity contribution in [2.45, 2.75) is 12.5 Å². The fraction of sp³-hybridized carbons (Fsp3) is 0.0952. The highest BCUT2D eigenvalue weighted by molar-refractivity contribution is 5.97. The Morgan fingerprint density at radius 2 is 1.72 bits per heavy atom. The summed E-state index contributed by atoms with van der Waals surface area (Å²) in [6.07, 6.45) is 0. The lowest BCUT2D eigenvalue weighted by molar-refractivity contribution is 0.0224. The molecule has 25 heavy (non-hydrogen) atoms. The predicted octanol–water partition coefficient (Wildman–Crippen LogP) is 4.27. The number of hydrogen-bond donors (Lipinski definition) is 1. The number of phenols is 1. The van der Waals surface area contributed by atoms with Crippen LogP contribution in [0.15, 0.2) is 60.7 Å². The Hall–Kier alpha value is -3.27. The van der Waals surface area contributed by atoms with Crippen molar-refractivity contribution < 1.29 is 19.4 Å². The van der Waals surface area contributed by atoms with Crippen molar-refractivity contribution in [3.05, 3.63) is 88.5 Å². The van der Waals surface area contributed by atoms with Crippen LogP contribution in [0.2, 0.25) is 0 Å². The number of aromatic hydroxyl groups is 1. The second kappa shape index (κ2) is 4.63. The summed E-state index contributed by atoms with van der Waals surface area (Å²) in [6.45, 7) is 1.99. The van der Waals surface area contributed by atoms with Crippen molar-refractivity contribution in [2.75, 3.05) is 0 Å². The molecule has 0 fully saturated rings. The van der Waals surface area contributed by atoms with Crippen molar-refractivity contribution in [3.63, 3.8) is 0 Å². The number of rotatable bonds is 0. The van der Waals surface area contributed by atoms with Crippen LogP contribution < -0.4 is 4.74 Å². The standard InChI is InChI=1S/C21H14O4/c1-12-6-9-18-17(10-12)21(16-8-7-13(22)11-19(16)24-18)15-5-3-2-4-14(15)20(23)25-21/h2-11,22H,1H3. The van der Waals surface area contributed by atoms with Gasteiger partial charge in [0.05, 0.1) is 5.56 Å². The fourth-order valence-electron chi connectivity index (χ4n) is 3.78. The van der Waals surface area contributed by atoms with Gasteiger partial charge in [-0.05, 0) is 37.3 Å². The molecule has 5 rings (SSSR count). The third kappa shape index (κ3) is 1.74. The maximum Gasteiger partial charge on any atom is 0.340 e. The van der Waals surface area contributed by atoms with Gasteiger partial charge in [0, 0.05) is 22.8 Å². The summed E-state index contributed by atoms with van der Waals surface area (Å²) < 4.78 is 12.0. The summed E-state index contributed by atoms with van der Waals surface area (Å²) >= 11 is 0. The van der Waals surface area contributed by atoms with Crippen LogP contribution in [-0.2, 0) is 10.3 Å². The van der Waals surface area contributed by atoms with E-state index in [2.05, 4.69) is 0 Å². The Morgan fingerprint density at radius 1 is 0.880 bits per heavy atom. The van der Waals surface area contributed by atoms with E-state index in [0.717, 1.165) is 16.7 Å². The van der Waals surface area contributed by atoms with E-state index in [-0.39, 0.29) is 11.7 Å². The van der Waals surface area contributed by atoms with Gasteiger partial charge in [0.2, 0.25) is 0 Å². The van der Waals surface area contributed by atoms with E-state index in [1.165, 1.54) is 0 Å². The second-order valence-electron chi connectivity index (χ2n) is 6.40. The number of benzene rings is 3. The van der Waals surface area contributed by atoms with Crippen molar-refractivity contribution in [2.24, 2.45) is 0 Å². The Kier molecular flexibility index (Phi) is 2.61. The number of phenolic OH excluding ortho intramolecular Hbond substituents is 1. The molecule has 1 unspecified atom stereocenters. The van der Waals surface area contributed by atoms with Gasteiger partial charge in [-0.1, -0.05) is 29.8 Å². The zero-order valence-corrected chi connectivity index (χ0v) is 13.4. The fourth-order valence-corrected chi connectivity index (χ4v) is 3.78. The summed E-state index contributed by atoms with van der Waals surface area (Å²) in [5.41, 5.74) is 2.84. The van der Waals surface area contributed by atoms with Crippen molar-refractivity contribution in [1.82, 2.24) is 0 Å². The van der Waals surface area contributed by atoms with Crippen molar-refractivity contribution in [1.29, 1.82) is 0 Å². The number of fused-ring (bicyclic) bond motifs is 6. The van der Waals surface area contributed by atoms with E-state index in [1.54, 1.807) is 24.3 Å². The third-order valence-electron chi connectivity index (χ3n) is 4.85. The minimum atomic E-state index is -1.06. The molecule has 0 aromatic heterocycles. The summed E-state index contributed by atoms with van der Waals surface area (Å²) in [7, 11) is 0. The first-order chi connectivity index (χ1) is 12.1. The predicted molar refractivity (Wildman–Crippen MR) is 91.1 cm³/mol. The number of hydrogen-bond acceptors (Lipinski definition) is 4. The molecule has 0 aliphatic carbocycles. The molecule has 2 heterocycles. The Bertz CT molecular complexity index is 1050. The molecular weight excluding hydrogens is 316 g/mol. The zero-order chi connectivity index (χ0) is 17.2. The number of carbonyl (C=O) groups excluding carboxylic acids is 1. The van der Waals surface area contributed by atoms with Crippen LogP contribution in [-0.4, -0.2) is 11.1 Å². The lowest BCUT2D eigenvalue weighted by Gasteiger charge is -2.36. The molecule has 0 amide bonds. The van der Waals surface area contributed by atoms with Crippen LogP contribution >= 0.6 is 0 Å². The maximum absolute atomic E-state index is 12.6. The summed E-state index contributed by atoms with van der Waals surface area (Å²) in [5.74, 6) is 0.847. The van der Waals surface area contributed by atoms with Crippen LogP contribution in [0, 0.1) is 6.92 Å². The highest BCUT2D eigenvalue weighted by atomic mass is 16.6. The highest BCUT2D eigenvalue weighted by Crippen LogP contribution is 2.56. The van der Waals surface area contributed by atoms with Gasteiger partial charge in [-0.15, -0.1) is 0 Å². The van der Waals surface area contributed by atoms with Gasteiger partial charge in [-0.25, -0.2) is 4.79 Å². The molecule has 0 saturated heterocycles. The first kappa shape index (κ1) is 14.1. The summed E-state index contributed by atoms with van der Waals surface area (Å²) in [4.78, 5) is 12.6. The lowest BCUT2D eigenvalue weighted by atomic mass is 9.77. The van der Waals surface area contributed by atoms with Crippen LogP contribution in [0.5, 0.6) is 17.2 Å². The number of ether oxygens (including phenoxy) is 2. The topological polar surface area (TPSA) is 55.8 Å². The van der Waals surface area contributed by atoms with Gasteiger partial charge in [0.25, 0.3) is 0 Å². The molecule has 3 aromatic carbocycles. The SMILES string of the molecule is Cc1ccc2c(c1)C1(OC(=O)c3ccccc31)c1ccc(O)cc1O2. The molecule has 122 valence electrons. The Labute approximate surface area is 144 Å². The van der Waals surface area contributed by atoms with E-state index in [1.807, 2.05) is 43.3 Å². The van der Waals surface area contributed by atoms with Gasteiger partial charge in [-0.3, -0.25) is 0 Å². The maximum atomic E-state index is 12.6. The van der Waals surface area contributed by atoms with Gasteiger partial charge >= 0.3 is 5.97 Å². The molecule has 3 aromatic rings. The van der Waals surface area contributed by atoms with Gasteiger partial charge in [0.15, 0.2) is 5.60 Å². The average Bonchev–Trinajstić information content (AvgIpc) is 2.90. The molecule has 2 aliphatic rings. The number of carbonyl (C=O) groups is 1. The molecule has 1 spiro atoms. The van der Waals surface area contributed by atoms with Gasteiger partial charge in [-0.2, -0.15) is 0 Å². The number of aryl methyl sites for hydroxylation is 1. The molecule has 0 saturated carbocycles. The van der Waals surface area contributed by atoms with Crippen LogP contribution in [0.3, 0.4) is 0 Å². The molecule has 4 nitrogen and oxygen atoms in total. The van der Waals surface area contributed by atoms with E-state index in [4.69, 9.17) is 9.47 Å². The Balaban J connectivity index is 1.92.